The van der Waals surface area contributed by atoms with Crippen LogP contribution in [0.2, 0.25) is 0 Å². The fourth-order valence-electron chi connectivity index (χ4n) is 5.31. The number of ether oxygens (including phenoxy) is 4. The van der Waals surface area contributed by atoms with Crippen molar-refractivity contribution >= 4 is 11.6 Å². The molecular formula is C33H51N3O6. The Morgan fingerprint density at radius 3 is 2.45 bits per heavy atom. The lowest BCUT2D eigenvalue weighted by Gasteiger charge is -2.36. The molecule has 0 aliphatic carbocycles. The van der Waals surface area contributed by atoms with Gasteiger partial charge < -0.3 is 33.9 Å². The highest BCUT2D eigenvalue weighted by Gasteiger charge is 2.30. The van der Waals surface area contributed by atoms with Crippen LogP contribution >= 0.6 is 0 Å². The molecule has 0 saturated carbocycles. The number of hydrogen-bond acceptors (Lipinski definition) is 8. The molecule has 4 atom stereocenters. The second kappa shape index (κ2) is 16.0. The molecule has 1 amide bonds. The zero-order valence-corrected chi connectivity index (χ0v) is 26.8. The largest absolute Gasteiger partial charge is 0.493 e. The average Bonchev–Trinajstić information content (AvgIpc) is 2.97. The number of aliphatic hydroxyl groups excluding tert-OH is 1. The number of nitrogens with zero attached hydrogens (tertiary/aromatic N) is 3. The van der Waals surface area contributed by atoms with Crippen LogP contribution in [0.25, 0.3) is 0 Å². The van der Waals surface area contributed by atoms with Gasteiger partial charge in [0.25, 0.3) is 5.91 Å². The molecule has 3 rings (SSSR count). The van der Waals surface area contributed by atoms with E-state index >= 15 is 0 Å². The molecule has 0 aromatic heterocycles. The van der Waals surface area contributed by atoms with Crippen LogP contribution in [0.3, 0.4) is 0 Å². The minimum atomic E-state index is -0.369. The van der Waals surface area contributed by atoms with Crippen molar-refractivity contribution in [2.45, 2.75) is 64.8 Å². The number of carbonyl (C=O) groups excluding carboxylic acids is 1. The fourth-order valence-corrected chi connectivity index (χ4v) is 5.31. The van der Waals surface area contributed by atoms with Crippen LogP contribution in [0.4, 0.5) is 5.69 Å². The lowest BCUT2D eigenvalue weighted by molar-refractivity contribution is -0.0177. The molecule has 0 radical (unpaired) electrons. The van der Waals surface area contributed by atoms with Crippen molar-refractivity contribution in [2.24, 2.45) is 5.92 Å². The standard InChI is InChI=1S/C33H51N3O6/c1-23-19-36(24(2)22-37)33(38)28-18-27(34(4)5)13-15-29(28)42-25(3)11-9-10-16-41-32(23)21-35(6)20-26-12-14-30(39-7)31(17-26)40-8/h12-15,17-18,23-25,32,37H,9-11,16,19-22H2,1-8H3/t23-,24+,25-,32+/m1/s1. The Bertz CT molecular complexity index is 1140. The fraction of sp³-hybridized carbons (Fsp3) is 0.606. The molecule has 0 unspecified atom stereocenters. The van der Waals surface area contributed by atoms with Crippen molar-refractivity contribution in [3.8, 4) is 17.2 Å². The summed E-state index contributed by atoms with van der Waals surface area (Å²) in [6, 6.07) is 11.4. The van der Waals surface area contributed by atoms with Crippen molar-refractivity contribution < 1.29 is 28.8 Å². The van der Waals surface area contributed by atoms with Gasteiger partial charge in [0, 0.05) is 51.9 Å². The first-order chi connectivity index (χ1) is 20.1. The molecule has 2 aromatic rings. The Balaban J connectivity index is 1.88. The maximum absolute atomic E-state index is 14.2. The summed E-state index contributed by atoms with van der Waals surface area (Å²) in [6.07, 6.45) is 2.61. The molecule has 1 aliphatic heterocycles. The van der Waals surface area contributed by atoms with E-state index in [9.17, 15) is 9.90 Å². The van der Waals surface area contributed by atoms with Gasteiger partial charge in [0.2, 0.25) is 0 Å². The zero-order valence-electron chi connectivity index (χ0n) is 26.8. The van der Waals surface area contributed by atoms with Crippen LogP contribution in [-0.4, -0.2) is 101 Å². The summed E-state index contributed by atoms with van der Waals surface area (Å²) in [5.74, 6) is 1.85. The average molecular weight is 586 g/mol. The monoisotopic (exact) mass is 585 g/mol. The number of hydrogen-bond donors (Lipinski definition) is 1. The highest BCUT2D eigenvalue weighted by molar-refractivity contribution is 5.98. The van der Waals surface area contributed by atoms with Gasteiger partial charge in [0.1, 0.15) is 5.75 Å². The smallest absolute Gasteiger partial charge is 0.258 e. The second-order valence-corrected chi connectivity index (χ2v) is 11.8. The third-order valence-electron chi connectivity index (χ3n) is 7.94. The topological polar surface area (TPSA) is 83.9 Å². The number of carbonyl (C=O) groups is 1. The Morgan fingerprint density at radius 1 is 1.05 bits per heavy atom. The van der Waals surface area contributed by atoms with Gasteiger partial charge in [0.15, 0.2) is 11.5 Å². The van der Waals surface area contributed by atoms with Gasteiger partial charge in [-0.25, -0.2) is 0 Å². The van der Waals surface area contributed by atoms with Crippen LogP contribution in [0.5, 0.6) is 17.2 Å². The van der Waals surface area contributed by atoms with E-state index in [1.807, 2.05) is 69.2 Å². The first-order valence-electron chi connectivity index (χ1n) is 15.0. The number of likely N-dealkylation sites (N-methyl/N-ethyl adjacent to an activating group) is 1. The molecule has 1 aliphatic rings. The van der Waals surface area contributed by atoms with Crippen molar-refractivity contribution in [3.05, 3.63) is 47.5 Å². The molecule has 0 spiro atoms. The summed E-state index contributed by atoms with van der Waals surface area (Å²) < 4.78 is 23.7. The van der Waals surface area contributed by atoms with E-state index in [0.29, 0.717) is 49.1 Å². The van der Waals surface area contributed by atoms with Gasteiger partial charge >= 0.3 is 0 Å². The Kier molecular flexibility index (Phi) is 12.8. The molecule has 9 heteroatoms. The number of amides is 1. The predicted molar refractivity (Wildman–Crippen MR) is 167 cm³/mol. The van der Waals surface area contributed by atoms with Crippen LogP contribution in [0.15, 0.2) is 36.4 Å². The maximum Gasteiger partial charge on any atom is 0.258 e. The van der Waals surface area contributed by atoms with Crippen LogP contribution in [-0.2, 0) is 11.3 Å². The third-order valence-corrected chi connectivity index (χ3v) is 7.94. The van der Waals surface area contributed by atoms with Crippen molar-refractivity contribution in [3.63, 3.8) is 0 Å². The van der Waals surface area contributed by atoms with Crippen LogP contribution in [0.1, 0.15) is 56.0 Å². The SMILES string of the molecule is COc1ccc(CN(C)C[C@@H]2OCCCC[C@@H](C)Oc3ccc(N(C)C)cc3C(=O)N([C@@H](C)CO)C[C@H]2C)cc1OC. The third kappa shape index (κ3) is 8.99. The molecule has 42 heavy (non-hydrogen) atoms. The van der Waals surface area contributed by atoms with Gasteiger partial charge in [-0.3, -0.25) is 9.69 Å². The highest BCUT2D eigenvalue weighted by atomic mass is 16.5. The highest BCUT2D eigenvalue weighted by Crippen LogP contribution is 2.30. The quantitative estimate of drug-likeness (QED) is 0.454. The minimum Gasteiger partial charge on any atom is -0.493 e. The second-order valence-electron chi connectivity index (χ2n) is 11.8. The van der Waals surface area contributed by atoms with Gasteiger partial charge in [0.05, 0.1) is 44.6 Å². The van der Waals surface area contributed by atoms with Crippen molar-refractivity contribution in [1.29, 1.82) is 0 Å². The summed E-state index contributed by atoms with van der Waals surface area (Å²) in [5.41, 5.74) is 2.54. The van der Waals surface area contributed by atoms with E-state index in [2.05, 4.69) is 18.9 Å². The summed E-state index contributed by atoms with van der Waals surface area (Å²) in [5, 5.41) is 10.2. The van der Waals surface area contributed by atoms with E-state index in [4.69, 9.17) is 18.9 Å². The Hall–Kier alpha value is -3.01. The van der Waals surface area contributed by atoms with Crippen LogP contribution in [0, 0.1) is 5.92 Å². The molecule has 0 bridgehead atoms. The molecule has 234 valence electrons. The van der Waals surface area contributed by atoms with Gasteiger partial charge in [-0.1, -0.05) is 13.0 Å². The summed E-state index contributed by atoms with van der Waals surface area (Å²) in [7, 11) is 9.26. The minimum absolute atomic E-state index is 0.0130. The molecule has 1 heterocycles. The number of rotatable bonds is 9. The number of methoxy groups -OCH3 is 2. The normalized spacial score (nSPS) is 21.2. The molecule has 2 aromatic carbocycles. The summed E-state index contributed by atoms with van der Waals surface area (Å²) in [4.78, 5) is 20.1. The predicted octanol–water partition coefficient (Wildman–Crippen LogP) is 4.70. The van der Waals surface area contributed by atoms with Crippen LogP contribution < -0.4 is 19.1 Å². The lowest BCUT2D eigenvalue weighted by atomic mass is 10.0. The van der Waals surface area contributed by atoms with E-state index in [1.165, 1.54) is 0 Å². The zero-order chi connectivity index (χ0) is 30.8. The van der Waals surface area contributed by atoms with E-state index in [0.717, 1.165) is 30.5 Å². The Morgan fingerprint density at radius 2 is 1.79 bits per heavy atom. The maximum atomic E-state index is 14.2. The number of aliphatic hydroxyl groups is 1. The van der Waals surface area contributed by atoms with Gasteiger partial charge in [-0.15, -0.1) is 0 Å². The van der Waals surface area contributed by atoms with Crippen molar-refractivity contribution in [2.75, 3.05) is 66.6 Å². The van der Waals surface area contributed by atoms with Gasteiger partial charge in [-0.05, 0) is 76.1 Å². The Labute approximate surface area is 252 Å². The molecule has 1 N–H and O–H groups in total. The summed E-state index contributed by atoms with van der Waals surface area (Å²) in [6.45, 7) is 8.39. The molecule has 0 saturated heterocycles. The first-order valence-corrected chi connectivity index (χ1v) is 15.0. The number of anilines is 1. The summed E-state index contributed by atoms with van der Waals surface area (Å²) >= 11 is 0. The molecule has 0 fully saturated rings. The van der Waals surface area contributed by atoms with E-state index in [-0.39, 0.29) is 36.7 Å². The number of benzene rings is 2. The van der Waals surface area contributed by atoms with Gasteiger partial charge in [-0.2, -0.15) is 0 Å². The van der Waals surface area contributed by atoms with Crippen molar-refractivity contribution in [1.82, 2.24) is 9.80 Å². The number of fused-ring (bicyclic) bond motifs is 1. The molecule has 9 nitrogen and oxygen atoms in total. The first kappa shape index (κ1) is 33.5. The lowest BCUT2D eigenvalue weighted by Crippen LogP contribution is -2.47. The van der Waals surface area contributed by atoms with E-state index < -0.39 is 0 Å². The van der Waals surface area contributed by atoms with E-state index in [1.54, 1.807) is 19.1 Å². The molecular weight excluding hydrogens is 534 g/mol.